The first kappa shape index (κ1) is 9.91. The lowest BCUT2D eigenvalue weighted by molar-refractivity contribution is -0.387. The Labute approximate surface area is 70.0 Å². The van der Waals surface area contributed by atoms with Crippen LogP contribution in [0.25, 0.3) is 0 Å². The van der Waals surface area contributed by atoms with Crippen molar-refractivity contribution in [2.45, 2.75) is 6.54 Å². The van der Waals surface area contributed by atoms with Crippen LogP contribution in [0.5, 0.6) is 0 Å². The molecule has 72 valence electrons. The number of benzene rings is 1. The van der Waals surface area contributed by atoms with Crippen molar-refractivity contribution in [2.75, 3.05) is 0 Å². The maximum atomic E-state index is 12.6. The summed E-state index contributed by atoms with van der Waals surface area (Å²) in [6, 6.07) is 0. The van der Waals surface area contributed by atoms with E-state index in [4.69, 9.17) is 0 Å². The predicted octanol–water partition coefficient (Wildman–Crippen LogP) is 1.12. The van der Waals surface area contributed by atoms with Crippen molar-refractivity contribution in [1.82, 2.24) is 0 Å². The van der Waals surface area contributed by atoms with Gasteiger partial charge in [-0.2, -0.15) is 0 Å². The van der Waals surface area contributed by atoms with Crippen molar-refractivity contribution in [2.24, 2.45) is 0 Å². The maximum absolute atomic E-state index is 12.6. The normalized spacial score (nSPS) is 10.6. The highest BCUT2D eigenvalue weighted by molar-refractivity contribution is 5.23. The van der Waals surface area contributed by atoms with Gasteiger partial charge in [0.15, 0.2) is 23.3 Å². The Morgan fingerprint density at radius 1 is 0.692 bits per heavy atom. The van der Waals surface area contributed by atoms with Gasteiger partial charge in [0.2, 0.25) is 5.82 Å². The van der Waals surface area contributed by atoms with Crippen LogP contribution in [0, 0.1) is 29.1 Å². The van der Waals surface area contributed by atoms with Crippen LogP contribution in [0.3, 0.4) is 0 Å². The van der Waals surface area contributed by atoms with Crippen LogP contribution in [0.4, 0.5) is 22.0 Å². The number of quaternary nitrogens is 1. The van der Waals surface area contributed by atoms with Crippen molar-refractivity contribution in [3.8, 4) is 0 Å². The number of hydrogen-bond donors (Lipinski definition) is 1. The van der Waals surface area contributed by atoms with Crippen LogP contribution >= 0.6 is 0 Å². The monoisotopic (exact) mass is 198 g/mol. The van der Waals surface area contributed by atoms with E-state index in [-0.39, 0.29) is 0 Å². The molecule has 0 saturated carbocycles. The molecule has 1 aromatic carbocycles. The minimum atomic E-state index is -2.15. The van der Waals surface area contributed by atoms with Crippen molar-refractivity contribution in [3.63, 3.8) is 0 Å². The molecule has 3 N–H and O–H groups in total. The second-order valence-corrected chi connectivity index (χ2v) is 2.30. The highest BCUT2D eigenvalue weighted by Crippen LogP contribution is 2.21. The molecule has 6 heteroatoms. The summed E-state index contributed by atoms with van der Waals surface area (Å²) in [5.74, 6) is -9.64. The SMILES string of the molecule is [NH3+]Cc1c(F)c(F)c(F)c(F)c1F. The molecule has 0 aliphatic rings. The molecule has 0 heterocycles. The van der Waals surface area contributed by atoms with Crippen molar-refractivity contribution in [3.05, 3.63) is 34.6 Å². The fourth-order valence-electron chi connectivity index (χ4n) is 0.870. The van der Waals surface area contributed by atoms with Gasteiger partial charge in [0.05, 0.1) is 5.56 Å². The van der Waals surface area contributed by atoms with E-state index in [0.717, 1.165) is 0 Å². The average molecular weight is 198 g/mol. The van der Waals surface area contributed by atoms with Gasteiger partial charge in [0.1, 0.15) is 6.54 Å². The molecule has 0 aliphatic carbocycles. The molecule has 1 nitrogen and oxygen atoms in total. The topological polar surface area (TPSA) is 27.6 Å². The van der Waals surface area contributed by atoms with E-state index in [2.05, 4.69) is 5.73 Å². The summed E-state index contributed by atoms with van der Waals surface area (Å²) in [7, 11) is 0. The summed E-state index contributed by atoms with van der Waals surface area (Å²) in [5.41, 5.74) is 2.16. The van der Waals surface area contributed by atoms with E-state index < -0.39 is 41.2 Å². The molecule has 0 fully saturated rings. The zero-order chi connectivity index (χ0) is 10.2. The third-order valence-corrected chi connectivity index (χ3v) is 1.55. The molecule has 0 spiro atoms. The highest BCUT2D eigenvalue weighted by Gasteiger charge is 2.25. The average Bonchev–Trinajstić information content (AvgIpc) is 2.13. The van der Waals surface area contributed by atoms with Gasteiger partial charge in [-0.15, -0.1) is 0 Å². The Morgan fingerprint density at radius 2 is 1.00 bits per heavy atom. The summed E-state index contributed by atoms with van der Waals surface area (Å²) in [4.78, 5) is 0. The smallest absolute Gasteiger partial charge is 0.200 e. The highest BCUT2D eigenvalue weighted by atomic mass is 19.2. The van der Waals surface area contributed by atoms with E-state index in [0.29, 0.717) is 0 Å². The van der Waals surface area contributed by atoms with Gasteiger partial charge in [-0.3, -0.25) is 0 Å². The second kappa shape index (κ2) is 3.29. The van der Waals surface area contributed by atoms with Crippen molar-refractivity contribution in [1.29, 1.82) is 0 Å². The largest absolute Gasteiger partial charge is 0.354 e. The first-order chi connectivity index (χ1) is 6.00. The first-order valence-corrected chi connectivity index (χ1v) is 3.30. The predicted molar refractivity (Wildman–Crippen MR) is 32.8 cm³/mol. The molecule has 0 bridgehead atoms. The minimum Gasteiger partial charge on any atom is -0.354 e. The van der Waals surface area contributed by atoms with Crippen LogP contribution in [0.1, 0.15) is 5.56 Å². The zero-order valence-electron chi connectivity index (χ0n) is 6.30. The molecule has 0 aliphatic heterocycles. The van der Waals surface area contributed by atoms with E-state index in [1.165, 1.54) is 0 Å². The fraction of sp³-hybridized carbons (Fsp3) is 0.143. The van der Waals surface area contributed by atoms with E-state index in [1.54, 1.807) is 0 Å². The molecule has 13 heavy (non-hydrogen) atoms. The molecule has 0 atom stereocenters. The second-order valence-electron chi connectivity index (χ2n) is 2.30. The van der Waals surface area contributed by atoms with E-state index in [9.17, 15) is 22.0 Å². The van der Waals surface area contributed by atoms with Crippen LogP contribution in [0.2, 0.25) is 0 Å². The first-order valence-electron chi connectivity index (χ1n) is 3.30. The third kappa shape index (κ3) is 1.37. The van der Waals surface area contributed by atoms with Crippen LogP contribution in [-0.2, 0) is 6.54 Å². The summed E-state index contributed by atoms with van der Waals surface area (Å²) >= 11 is 0. The molecule has 0 saturated heterocycles. The molecule has 1 rings (SSSR count). The van der Waals surface area contributed by atoms with Gasteiger partial charge >= 0.3 is 0 Å². The summed E-state index contributed by atoms with van der Waals surface area (Å²) < 4.78 is 62.5. The Hall–Kier alpha value is -1.17. The quantitative estimate of drug-likeness (QED) is 0.398. The van der Waals surface area contributed by atoms with Crippen molar-refractivity contribution >= 4 is 0 Å². The summed E-state index contributed by atoms with van der Waals surface area (Å²) in [5, 5.41) is 0. The van der Waals surface area contributed by atoms with Crippen LogP contribution in [-0.4, -0.2) is 0 Å². The lowest BCUT2D eigenvalue weighted by Crippen LogP contribution is -2.48. The minimum absolute atomic E-state index is 0.494. The Kier molecular flexibility index (Phi) is 2.51. The van der Waals surface area contributed by atoms with Gasteiger partial charge in [-0.1, -0.05) is 0 Å². The Bertz CT molecular complexity index is 320. The molecular formula is C7H5F5N+. The van der Waals surface area contributed by atoms with Gasteiger partial charge in [-0.25, -0.2) is 22.0 Å². The number of hydrogen-bond acceptors (Lipinski definition) is 0. The molecule has 0 aromatic heterocycles. The summed E-state index contributed by atoms with van der Waals surface area (Å²) in [6.45, 7) is -0.494. The Morgan fingerprint density at radius 3 is 1.31 bits per heavy atom. The van der Waals surface area contributed by atoms with Gasteiger partial charge < -0.3 is 5.73 Å². The lowest BCUT2D eigenvalue weighted by Gasteiger charge is -2.03. The van der Waals surface area contributed by atoms with Crippen LogP contribution in [0.15, 0.2) is 0 Å². The number of rotatable bonds is 1. The maximum Gasteiger partial charge on any atom is 0.200 e. The Balaban J connectivity index is 3.56. The molecular weight excluding hydrogens is 193 g/mol. The van der Waals surface area contributed by atoms with E-state index >= 15 is 0 Å². The summed E-state index contributed by atoms with van der Waals surface area (Å²) in [6.07, 6.45) is 0. The molecule has 0 amide bonds. The van der Waals surface area contributed by atoms with Gasteiger partial charge in [0.25, 0.3) is 0 Å². The number of halogens is 5. The van der Waals surface area contributed by atoms with Gasteiger partial charge in [0, 0.05) is 0 Å². The van der Waals surface area contributed by atoms with Gasteiger partial charge in [-0.05, 0) is 0 Å². The lowest BCUT2D eigenvalue weighted by atomic mass is 10.1. The molecule has 0 unspecified atom stereocenters. The third-order valence-electron chi connectivity index (χ3n) is 1.55. The molecule has 1 aromatic rings. The zero-order valence-corrected chi connectivity index (χ0v) is 6.30. The molecule has 0 radical (unpaired) electrons. The fourth-order valence-corrected chi connectivity index (χ4v) is 0.870. The van der Waals surface area contributed by atoms with E-state index in [1.807, 2.05) is 0 Å². The standard InChI is InChI=1S/C7H4F5N/c8-3-2(1-13)4(9)6(11)7(12)5(3)10/h1,13H2/p+1. The van der Waals surface area contributed by atoms with Crippen LogP contribution < -0.4 is 5.73 Å². The van der Waals surface area contributed by atoms with Crippen molar-refractivity contribution < 1.29 is 27.7 Å².